The third kappa shape index (κ3) is 3.93. The molecule has 0 aliphatic carbocycles. The number of aromatic nitrogens is 1. The van der Waals surface area contributed by atoms with Crippen molar-refractivity contribution < 1.29 is 8.83 Å². The third-order valence-corrected chi connectivity index (χ3v) is 12.7. The number of hydrogen-bond donors (Lipinski definition) is 0. The molecule has 5 heterocycles. The number of fused-ring (bicyclic) bond motifs is 13. The van der Waals surface area contributed by atoms with Gasteiger partial charge in [-0.1, -0.05) is 84.9 Å². The highest BCUT2D eigenvalue weighted by Gasteiger charge is 2.23. The highest BCUT2D eigenvalue weighted by atomic mass is 32.1. The summed E-state index contributed by atoms with van der Waals surface area (Å²) in [6, 6.07) is 54.6. The fourth-order valence-corrected chi connectivity index (χ4v) is 10.6. The first-order valence-electron chi connectivity index (χ1n) is 17.1. The Bertz CT molecular complexity index is 3250. The first kappa shape index (κ1) is 27.7. The molecule has 238 valence electrons. The van der Waals surface area contributed by atoms with Crippen molar-refractivity contribution in [3.05, 3.63) is 152 Å². The molecule has 0 saturated carbocycles. The van der Waals surface area contributed by atoms with E-state index in [-0.39, 0.29) is 0 Å². The van der Waals surface area contributed by atoms with Crippen LogP contribution in [0.15, 0.2) is 160 Å². The largest absolute Gasteiger partial charge is 0.456 e. The number of rotatable bonds is 3. The Kier molecular flexibility index (Phi) is 5.53. The number of benzene rings is 7. The lowest BCUT2D eigenvalue weighted by Crippen LogP contribution is -1.95. The highest BCUT2D eigenvalue weighted by Crippen LogP contribution is 2.49. The SMILES string of the molecule is c1ccc2c(c1)oc1ccc(-c3cc(-c4ccc5oc6ccccc6c5c4)cc(-n4c5sc6ccccc6c5c5sc6ccccc6c54)c3)cc12. The van der Waals surface area contributed by atoms with Crippen LogP contribution < -0.4 is 0 Å². The lowest BCUT2D eigenvalue weighted by molar-refractivity contribution is 0.668. The highest BCUT2D eigenvalue weighted by molar-refractivity contribution is 7.30. The second kappa shape index (κ2) is 10.2. The Morgan fingerprint density at radius 3 is 1.53 bits per heavy atom. The van der Waals surface area contributed by atoms with Gasteiger partial charge in [0, 0.05) is 52.8 Å². The average molecular weight is 688 g/mol. The van der Waals surface area contributed by atoms with Crippen molar-refractivity contribution >= 4 is 107 Å². The van der Waals surface area contributed by atoms with Crippen molar-refractivity contribution in [3.8, 4) is 27.9 Å². The lowest BCUT2D eigenvalue weighted by atomic mass is 9.96. The summed E-state index contributed by atoms with van der Waals surface area (Å²) in [7, 11) is 0. The van der Waals surface area contributed by atoms with Crippen molar-refractivity contribution in [2.24, 2.45) is 0 Å². The Morgan fingerprint density at radius 2 is 0.902 bits per heavy atom. The molecule has 0 radical (unpaired) electrons. The van der Waals surface area contributed by atoms with Crippen molar-refractivity contribution in [2.45, 2.75) is 0 Å². The molecular formula is C46H25NO2S2. The summed E-state index contributed by atoms with van der Waals surface area (Å²) >= 11 is 3.78. The topological polar surface area (TPSA) is 31.2 Å². The van der Waals surface area contributed by atoms with Gasteiger partial charge < -0.3 is 8.83 Å². The molecule has 7 aromatic carbocycles. The Labute approximate surface area is 298 Å². The van der Waals surface area contributed by atoms with Gasteiger partial charge in [0.15, 0.2) is 0 Å². The molecule has 0 aliphatic heterocycles. The van der Waals surface area contributed by atoms with E-state index in [0.717, 1.165) is 71.8 Å². The number of hydrogen-bond acceptors (Lipinski definition) is 4. The first-order chi connectivity index (χ1) is 25.2. The zero-order valence-electron chi connectivity index (χ0n) is 27.0. The number of para-hydroxylation sites is 2. The molecule has 51 heavy (non-hydrogen) atoms. The van der Waals surface area contributed by atoms with E-state index in [2.05, 4.69) is 132 Å². The molecule has 0 saturated heterocycles. The second-order valence-electron chi connectivity index (χ2n) is 13.3. The molecule has 0 aliphatic rings. The van der Waals surface area contributed by atoms with Gasteiger partial charge >= 0.3 is 0 Å². The van der Waals surface area contributed by atoms with Crippen molar-refractivity contribution in [2.75, 3.05) is 0 Å². The summed E-state index contributed by atoms with van der Waals surface area (Å²) < 4.78 is 18.9. The molecule has 0 unspecified atom stereocenters. The van der Waals surface area contributed by atoms with E-state index in [1.165, 1.54) is 40.6 Å². The van der Waals surface area contributed by atoms with Crippen LogP contribution in [-0.4, -0.2) is 4.57 Å². The monoisotopic (exact) mass is 687 g/mol. The smallest absolute Gasteiger partial charge is 0.135 e. The van der Waals surface area contributed by atoms with Gasteiger partial charge in [0.05, 0.1) is 10.2 Å². The fraction of sp³-hybridized carbons (Fsp3) is 0. The summed E-state index contributed by atoms with van der Waals surface area (Å²) in [5.41, 5.74) is 10.7. The zero-order valence-corrected chi connectivity index (χ0v) is 28.6. The Hall–Kier alpha value is -6.14. The van der Waals surface area contributed by atoms with Crippen LogP contribution in [0.2, 0.25) is 0 Å². The van der Waals surface area contributed by atoms with Gasteiger partial charge in [-0.2, -0.15) is 0 Å². The number of furan rings is 2. The van der Waals surface area contributed by atoms with Gasteiger partial charge in [0.2, 0.25) is 0 Å². The molecule has 5 aromatic heterocycles. The predicted octanol–water partition coefficient (Wildman–Crippen LogP) is 14.3. The van der Waals surface area contributed by atoms with E-state index in [1.54, 1.807) is 0 Å². The van der Waals surface area contributed by atoms with E-state index in [9.17, 15) is 0 Å². The quantitative estimate of drug-likeness (QED) is 0.185. The molecule has 0 fully saturated rings. The van der Waals surface area contributed by atoms with Crippen molar-refractivity contribution in [1.82, 2.24) is 4.57 Å². The predicted molar refractivity (Wildman–Crippen MR) is 217 cm³/mol. The van der Waals surface area contributed by atoms with Gasteiger partial charge in [-0.3, -0.25) is 4.57 Å². The minimum Gasteiger partial charge on any atom is -0.456 e. The van der Waals surface area contributed by atoms with Crippen LogP contribution in [0.4, 0.5) is 0 Å². The van der Waals surface area contributed by atoms with Gasteiger partial charge in [-0.25, -0.2) is 0 Å². The third-order valence-electron chi connectivity index (χ3n) is 10.4. The normalized spacial score (nSPS) is 12.3. The van der Waals surface area contributed by atoms with Crippen molar-refractivity contribution in [1.29, 1.82) is 0 Å². The van der Waals surface area contributed by atoms with E-state index in [0.29, 0.717) is 0 Å². The van der Waals surface area contributed by atoms with Crippen LogP contribution in [0, 0.1) is 0 Å². The van der Waals surface area contributed by atoms with Crippen LogP contribution in [0.3, 0.4) is 0 Å². The molecule has 0 atom stereocenters. The van der Waals surface area contributed by atoms with E-state index in [1.807, 2.05) is 46.9 Å². The minimum atomic E-state index is 0.900. The second-order valence-corrected chi connectivity index (χ2v) is 15.4. The summed E-state index contributed by atoms with van der Waals surface area (Å²) in [5.74, 6) is 0. The van der Waals surface area contributed by atoms with Gasteiger partial charge in [-0.15, -0.1) is 22.7 Å². The Balaban J connectivity index is 1.18. The van der Waals surface area contributed by atoms with Gasteiger partial charge in [0.1, 0.15) is 27.2 Å². The Morgan fingerprint density at radius 1 is 0.392 bits per heavy atom. The molecular weight excluding hydrogens is 663 g/mol. The van der Waals surface area contributed by atoms with E-state index < -0.39 is 0 Å². The molecule has 3 nitrogen and oxygen atoms in total. The average Bonchev–Trinajstić information content (AvgIpc) is 3.98. The molecule has 0 N–H and O–H groups in total. The standard InChI is InChI=1S/C46H25NO2S2/c1-5-13-37-31(9-1)35-24-26(17-19-39(35)48-37)28-21-29(27-18-20-40-36(25-27)32-10-2-6-14-38(32)49-40)23-30(22-28)47-44-34-12-4-8-16-42(34)50-45(44)43-33-11-3-7-15-41(33)51-46(43)47/h1-25H. The zero-order chi connectivity index (χ0) is 33.2. The first-order valence-corrected chi connectivity index (χ1v) is 18.7. The van der Waals surface area contributed by atoms with Crippen LogP contribution in [0.5, 0.6) is 0 Å². The molecule has 0 amide bonds. The van der Waals surface area contributed by atoms with Gasteiger partial charge in [-0.05, 0) is 89.0 Å². The summed E-state index contributed by atoms with van der Waals surface area (Å²) in [6.45, 7) is 0. The van der Waals surface area contributed by atoms with Crippen LogP contribution in [0.25, 0.3) is 112 Å². The molecule has 12 aromatic rings. The molecule has 0 bridgehead atoms. The summed E-state index contributed by atoms with van der Waals surface area (Å²) in [6.07, 6.45) is 0. The lowest BCUT2D eigenvalue weighted by Gasteiger charge is -2.14. The van der Waals surface area contributed by atoms with E-state index in [4.69, 9.17) is 8.83 Å². The minimum absolute atomic E-state index is 0.900. The fourth-order valence-electron chi connectivity index (χ4n) is 8.07. The molecule has 0 spiro atoms. The van der Waals surface area contributed by atoms with Crippen LogP contribution in [-0.2, 0) is 0 Å². The number of nitrogens with zero attached hydrogens (tertiary/aromatic N) is 1. The van der Waals surface area contributed by atoms with E-state index >= 15 is 0 Å². The summed E-state index contributed by atoms with van der Waals surface area (Å²) in [5, 5.41) is 8.46. The maximum Gasteiger partial charge on any atom is 0.135 e. The number of thiophene rings is 2. The van der Waals surface area contributed by atoms with Crippen LogP contribution in [0.1, 0.15) is 0 Å². The van der Waals surface area contributed by atoms with Crippen LogP contribution >= 0.6 is 22.7 Å². The van der Waals surface area contributed by atoms with Crippen molar-refractivity contribution in [3.63, 3.8) is 0 Å². The summed E-state index contributed by atoms with van der Waals surface area (Å²) in [4.78, 5) is 1.28. The maximum atomic E-state index is 6.23. The maximum absolute atomic E-state index is 6.23. The molecule has 5 heteroatoms. The van der Waals surface area contributed by atoms with Gasteiger partial charge in [0.25, 0.3) is 0 Å². The molecule has 12 rings (SSSR count).